The summed E-state index contributed by atoms with van der Waals surface area (Å²) in [6, 6.07) is 7.50. The first kappa shape index (κ1) is 16.8. The number of carbonyl (C=O) groups excluding carboxylic acids is 1. The Balaban J connectivity index is 2.05. The summed E-state index contributed by atoms with van der Waals surface area (Å²) in [5, 5.41) is 9.82. The van der Waals surface area contributed by atoms with Crippen molar-refractivity contribution in [3.8, 4) is 0 Å². The van der Waals surface area contributed by atoms with E-state index in [9.17, 15) is 9.59 Å². The van der Waals surface area contributed by atoms with E-state index in [-0.39, 0.29) is 17.7 Å². The van der Waals surface area contributed by atoms with Crippen LogP contribution in [0.25, 0.3) is 0 Å². The van der Waals surface area contributed by atoms with Crippen molar-refractivity contribution in [2.75, 3.05) is 6.54 Å². The highest BCUT2D eigenvalue weighted by molar-refractivity contribution is 6.31. The Morgan fingerprint density at radius 1 is 1.27 bits per heavy atom. The van der Waals surface area contributed by atoms with E-state index < -0.39 is 5.97 Å². The van der Waals surface area contributed by atoms with Crippen molar-refractivity contribution in [2.24, 2.45) is 11.8 Å². The average Bonchev–Trinajstić information content (AvgIpc) is 2.53. The molecule has 0 radical (unpaired) electrons. The molecule has 1 aromatic rings. The summed E-state index contributed by atoms with van der Waals surface area (Å²) in [6.45, 7) is 3.01. The number of carboxylic acids is 1. The quantitative estimate of drug-likeness (QED) is 0.901. The van der Waals surface area contributed by atoms with E-state index in [1.165, 1.54) is 0 Å². The van der Waals surface area contributed by atoms with Gasteiger partial charge in [-0.2, -0.15) is 0 Å². The van der Waals surface area contributed by atoms with Gasteiger partial charge in [0.15, 0.2) is 0 Å². The third kappa shape index (κ3) is 4.01. The van der Waals surface area contributed by atoms with Gasteiger partial charge in [0, 0.05) is 24.0 Å². The van der Waals surface area contributed by atoms with Crippen molar-refractivity contribution >= 4 is 23.5 Å². The van der Waals surface area contributed by atoms with Crippen LogP contribution in [0.4, 0.5) is 0 Å². The van der Waals surface area contributed by atoms with Crippen molar-refractivity contribution in [1.29, 1.82) is 0 Å². The Labute approximate surface area is 136 Å². The summed E-state index contributed by atoms with van der Waals surface area (Å²) in [5.74, 6) is -1.31. The predicted octanol–water partition coefficient (Wildman–Crippen LogP) is 3.58. The Hall–Kier alpha value is -1.55. The van der Waals surface area contributed by atoms with E-state index in [0.717, 1.165) is 18.4 Å². The Morgan fingerprint density at radius 2 is 1.95 bits per heavy atom. The molecule has 1 aliphatic rings. The number of benzene rings is 1. The van der Waals surface area contributed by atoms with Gasteiger partial charge in [-0.05, 0) is 37.8 Å². The van der Waals surface area contributed by atoms with Gasteiger partial charge in [0.1, 0.15) is 0 Å². The molecule has 120 valence electrons. The van der Waals surface area contributed by atoms with E-state index in [0.29, 0.717) is 31.0 Å². The molecule has 0 heterocycles. The maximum atomic E-state index is 12.7. The van der Waals surface area contributed by atoms with Crippen molar-refractivity contribution < 1.29 is 14.7 Å². The van der Waals surface area contributed by atoms with Crippen molar-refractivity contribution in [3.05, 3.63) is 34.9 Å². The number of amides is 1. The van der Waals surface area contributed by atoms with E-state index in [1.807, 2.05) is 31.2 Å². The normalized spacial score (nSPS) is 21.4. The zero-order valence-electron chi connectivity index (χ0n) is 12.8. The number of hydrogen-bond donors (Lipinski definition) is 1. The number of rotatable bonds is 5. The van der Waals surface area contributed by atoms with Crippen LogP contribution in [-0.2, 0) is 16.1 Å². The maximum absolute atomic E-state index is 12.7. The van der Waals surface area contributed by atoms with Gasteiger partial charge in [-0.1, -0.05) is 36.2 Å². The van der Waals surface area contributed by atoms with Gasteiger partial charge in [-0.3, -0.25) is 9.59 Å². The molecule has 1 aromatic carbocycles. The third-order valence-electron chi connectivity index (χ3n) is 4.39. The van der Waals surface area contributed by atoms with E-state index >= 15 is 0 Å². The number of hydrogen-bond acceptors (Lipinski definition) is 2. The van der Waals surface area contributed by atoms with Crippen molar-refractivity contribution in [1.82, 2.24) is 4.90 Å². The first-order valence-electron chi connectivity index (χ1n) is 7.78. The molecule has 0 saturated heterocycles. The average molecular weight is 324 g/mol. The fraction of sp³-hybridized carbons (Fsp3) is 0.529. The number of carboxylic acid groups (broad SMARTS) is 1. The van der Waals surface area contributed by atoms with Crippen molar-refractivity contribution in [3.63, 3.8) is 0 Å². The molecule has 0 spiro atoms. The third-order valence-corrected chi connectivity index (χ3v) is 4.75. The molecule has 4 nitrogen and oxygen atoms in total. The largest absolute Gasteiger partial charge is 0.481 e. The van der Waals surface area contributed by atoms with Gasteiger partial charge in [0.2, 0.25) is 5.91 Å². The SMILES string of the molecule is CCN(Cc1ccccc1Cl)C(=O)C1CCCC(C(=O)O)C1. The number of halogens is 1. The van der Waals surface area contributed by atoms with Gasteiger partial charge < -0.3 is 10.0 Å². The lowest BCUT2D eigenvalue weighted by molar-refractivity contribution is -0.145. The number of carbonyl (C=O) groups is 2. The molecule has 0 aromatic heterocycles. The molecule has 5 heteroatoms. The topological polar surface area (TPSA) is 57.6 Å². The second-order valence-corrected chi connectivity index (χ2v) is 6.25. The minimum Gasteiger partial charge on any atom is -0.481 e. The number of nitrogens with zero attached hydrogens (tertiary/aromatic N) is 1. The molecule has 2 unspecified atom stereocenters. The summed E-state index contributed by atoms with van der Waals surface area (Å²) in [5.41, 5.74) is 0.921. The van der Waals surface area contributed by atoms with Crippen LogP contribution < -0.4 is 0 Å². The Kier molecular flexibility index (Phi) is 5.83. The van der Waals surface area contributed by atoms with Crippen LogP contribution in [0.1, 0.15) is 38.2 Å². The lowest BCUT2D eigenvalue weighted by Gasteiger charge is -2.31. The fourth-order valence-electron chi connectivity index (χ4n) is 3.07. The van der Waals surface area contributed by atoms with Crippen molar-refractivity contribution in [2.45, 2.75) is 39.2 Å². The first-order chi connectivity index (χ1) is 10.5. The summed E-state index contributed by atoms with van der Waals surface area (Å²) in [6.07, 6.45) is 2.71. The lowest BCUT2D eigenvalue weighted by Crippen LogP contribution is -2.38. The first-order valence-corrected chi connectivity index (χ1v) is 8.15. The zero-order valence-corrected chi connectivity index (χ0v) is 13.6. The maximum Gasteiger partial charge on any atom is 0.306 e. The summed E-state index contributed by atoms with van der Waals surface area (Å²) < 4.78 is 0. The predicted molar refractivity (Wildman–Crippen MR) is 85.6 cm³/mol. The second kappa shape index (κ2) is 7.63. The van der Waals surface area contributed by atoms with Crippen LogP contribution in [-0.4, -0.2) is 28.4 Å². The monoisotopic (exact) mass is 323 g/mol. The molecular weight excluding hydrogens is 302 g/mol. The number of aliphatic carboxylic acids is 1. The molecule has 1 amide bonds. The molecule has 2 rings (SSSR count). The minimum absolute atomic E-state index is 0.0494. The van der Waals surface area contributed by atoms with Gasteiger partial charge in [-0.15, -0.1) is 0 Å². The molecular formula is C17H22ClNO3. The molecule has 1 saturated carbocycles. The van der Waals surface area contributed by atoms with Crippen LogP contribution in [0.15, 0.2) is 24.3 Å². The smallest absolute Gasteiger partial charge is 0.306 e. The fourth-order valence-corrected chi connectivity index (χ4v) is 3.27. The van der Waals surface area contributed by atoms with E-state index in [2.05, 4.69) is 0 Å². The van der Waals surface area contributed by atoms with Gasteiger partial charge >= 0.3 is 5.97 Å². The van der Waals surface area contributed by atoms with Gasteiger partial charge in [0.05, 0.1) is 5.92 Å². The van der Waals surface area contributed by atoms with Crippen LogP contribution >= 0.6 is 11.6 Å². The summed E-state index contributed by atoms with van der Waals surface area (Å²) in [7, 11) is 0. The summed E-state index contributed by atoms with van der Waals surface area (Å²) >= 11 is 6.16. The molecule has 2 atom stereocenters. The Bertz CT molecular complexity index is 546. The van der Waals surface area contributed by atoms with Gasteiger partial charge in [-0.25, -0.2) is 0 Å². The zero-order chi connectivity index (χ0) is 16.1. The van der Waals surface area contributed by atoms with Crippen LogP contribution in [0.5, 0.6) is 0 Å². The van der Waals surface area contributed by atoms with E-state index in [1.54, 1.807) is 4.90 Å². The molecule has 1 aliphatic carbocycles. The van der Waals surface area contributed by atoms with Crippen LogP contribution in [0.3, 0.4) is 0 Å². The highest BCUT2D eigenvalue weighted by atomic mass is 35.5. The molecule has 22 heavy (non-hydrogen) atoms. The van der Waals surface area contributed by atoms with Gasteiger partial charge in [0.25, 0.3) is 0 Å². The highest BCUT2D eigenvalue weighted by Crippen LogP contribution is 2.31. The summed E-state index contributed by atoms with van der Waals surface area (Å²) in [4.78, 5) is 25.6. The second-order valence-electron chi connectivity index (χ2n) is 5.84. The van der Waals surface area contributed by atoms with Crippen LogP contribution in [0, 0.1) is 11.8 Å². The minimum atomic E-state index is -0.786. The molecule has 1 N–H and O–H groups in total. The standard InChI is InChI=1S/C17H22ClNO3/c1-2-19(11-14-6-3-4-9-15(14)18)16(20)12-7-5-8-13(10-12)17(21)22/h3-4,6,9,12-13H,2,5,7-8,10-11H2,1H3,(H,21,22). The molecule has 1 fully saturated rings. The highest BCUT2D eigenvalue weighted by Gasteiger charge is 2.33. The molecule has 0 bridgehead atoms. The Morgan fingerprint density at radius 3 is 2.59 bits per heavy atom. The van der Waals surface area contributed by atoms with E-state index in [4.69, 9.17) is 16.7 Å². The molecule has 0 aliphatic heterocycles. The lowest BCUT2D eigenvalue weighted by atomic mass is 9.80. The van der Waals surface area contributed by atoms with Crippen LogP contribution in [0.2, 0.25) is 5.02 Å².